The van der Waals surface area contributed by atoms with E-state index >= 15 is 0 Å². The van der Waals surface area contributed by atoms with Gasteiger partial charge in [0.25, 0.3) is 0 Å². The molecule has 50 heavy (non-hydrogen) atoms. The first kappa shape index (κ1) is 44.3. The molecule has 0 heterocycles. The zero-order valence-electron chi connectivity index (χ0n) is 31.0. The monoisotopic (exact) mass is 666 g/mol. The van der Waals surface area contributed by atoms with E-state index in [2.05, 4.69) is 0 Å². The molecule has 3 heteroatoms. The number of allylic oxidation sites excluding steroid dienone is 3. The highest BCUT2D eigenvalue weighted by atomic mass is 16.1. The minimum atomic E-state index is -0.0250. The summed E-state index contributed by atoms with van der Waals surface area (Å²) in [5, 5.41) is 0. The average molecular weight is 667 g/mol. The summed E-state index contributed by atoms with van der Waals surface area (Å²) >= 11 is 0. The number of hydrogen-bond donors (Lipinski definition) is 0. The molecule has 0 aromatic heterocycles. The Hall–Kier alpha value is -5.67. The molecular formula is C47H54O3. The van der Waals surface area contributed by atoms with Gasteiger partial charge in [0.05, 0.1) is 0 Å². The average Bonchev–Trinajstić information content (AvgIpc) is 3.23. The Balaban J connectivity index is 0.000000857. The van der Waals surface area contributed by atoms with E-state index in [9.17, 15) is 14.4 Å². The minimum absolute atomic E-state index is 0.0250. The lowest BCUT2D eigenvalue weighted by molar-refractivity contribution is 0.103. The Kier molecular flexibility index (Phi) is 26.1. The van der Waals surface area contributed by atoms with Crippen LogP contribution in [0.25, 0.3) is 18.2 Å². The molecule has 0 bridgehead atoms. The van der Waals surface area contributed by atoms with Crippen LogP contribution in [0.2, 0.25) is 0 Å². The molecule has 0 aliphatic carbocycles. The van der Waals surface area contributed by atoms with Crippen molar-refractivity contribution in [1.29, 1.82) is 0 Å². The van der Waals surface area contributed by atoms with E-state index in [4.69, 9.17) is 0 Å². The molecular weight excluding hydrogens is 613 g/mol. The Bertz CT molecular complexity index is 1590. The predicted octanol–water partition coefficient (Wildman–Crippen LogP) is 13.2. The maximum absolute atomic E-state index is 12.1. The van der Waals surface area contributed by atoms with Crippen LogP contribution in [-0.2, 0) is 0 Å². The van der Waals surface area contributed by atoms with E-state index in [1.54, 1.807) is 54.6 Å². The van der Waals surface area contributed by atoms with Crippen LogP contribution in [0.3, 0.4) is 0 Å². The van der Waals surface area contributed by atoms with E-state index in [1.165, 1.54) is 0 Å². The normalized spacial score (nSPS) is 9.60. The van der Waals surface area contributed by atoms with Crippen molar-refractivity contribution in [3.63, 3.8) is 0 Å². The largest absolute Gasteiger partial charge is 0.289 e. The van der Waals surface area contributed by atoms with Crippen molar-refractivity contribution in [2.45, 2.75) is 55.4 Å². The molecule has 0 saturated heterocycles. The summed E-state index contributed by atoms with van der Waals surface area (Å²) < 4.78 is 0. The summed E-state index contributed by atoms with van der Waals surface area (Å²) in [6.07, 6.45) is 10.1. The topological polar surface area (TPSA) is 51.2 Å². The zero-order valence-corrected chi connectivity index (χ0v) is 31.0. The smallest absolute Gasteiger partial charge is 0.185 e. The second-order valence-electron chi connectivity index (χ2n) is 9.27. The highest BCUT2D eigenvalue weighted by Gasteiger charge is 2.01. The fourth-order valence-electron chi connectivity index (χ4n) is 3.89. The van der Waals surface area contributed by atoms with Gasteiger partial charge < -0.3 is 0 Å². The lowest BCUT2D eigenvalue weighted by atomic mass is 10.1. The molecule has 0 radical (unpaired) electrons. The first-order valence-corrected chi connectivity index (χ1v) is 17.6. The van der Waals surface area contributed by atoms with E-state index in [-0.39, 0.29) is 17.3 Å². The maximum atomic E-state index is 12.1. The van der Waals surface area contributed by atoms with Crippen molar-refractivity contribution < 1.29 is 14.4 Å². The molecule has 5 rings (SSSR count). The molecule has 0 amide bonds. The van der Waals surface area contributed by atoms with Gasteiger partial charge >= 0.3 is 0 Å². The molecule has 0 aliphatic rings. The van der Waals surface area contributed by atoms with Gasteiger partial charge in [-0.05, 0) is 34.9 Å². The van der Waals surface area contributed by atoms with E-state index in [0.717, 1.165) is 22.3 Å². The highest BCUT2D eigenvalue weighted by Crippen LogP contribution is 2.11. The Labute approximate surface area is 301 Å². The van der Waals surface area contributed by atoms with Crippen LogP contribution in [0.4, 0.5) is 0 Å². The highest BCUT2D eigenvalue weighted by molar-refractivity contribution is 6.08. The lowest BCUT2D eigenvalue weighted by Crippen LogP contribution is -1.93. The van der Waals surface area contributed by atoms with Gasteiger partial charge in [0.1, 0.15) is 0 Å². The second kappa shape index (κ2) is 29.5. The van der Waals surface area contributed by atoms with E-state index in [0.29, 0.717) is 11.1 Å². The summed E-state index contributed by atoms with van der Waals surface area (Å²) in [6, 6.07) is 45.1. The van der Waals surface area contributed by atoms with Crippen molar-refractivity contribution in [1.82, 2.24) is 0 Å². The number of benzene rings is 5. The Morgan fingerprint density at radius 3 is 0.740 bits per heavy atom. The van der Waals surface area contributed by atoms with Crippen LogP contribution >= 0.6 is 0 Å². The van der Waals surface area contributed by atoms with Crippen molar-refractivity contribution in [2.75, 3.05) is 0 Å². The SMILES string of the molecule is CC.CC.CC.CC.O=C(C=Cc1ccc(C=CC(=O)c2ccccc2)cc1)c1ccccc1.O=C(C=Cc1ccccc1)c1ccccc1. The van der Waals surface area contributed by atoms with Crippen LogP contribution < -0.4 is 0 Å². The summed E-state index contributed by atoms with van der Waals surface area (Å²) in [5.74, 6) is -0.0180. The third-order valence-electron chi connectivity index (χ3n) is 6.19. The summed E-state index contributed by atoms with van der Waals surface area (Å²) in [5.41, 5.74) is 4.95. The van der Waals surface area contributed by atoms with Gasteiger partial charge in [-0.2, -0.15) is 0 Å². The van der Waals surface area contributed by atoms with Gasteiger partial charge in [-0.15, -0.1) is 0 Å². The van der Waals surface area contributed by atoms with Crippen LogP contribution in [-0.4, -0.2) is 17.3 Å². The van der Waals surface area contributed by atoms with Crippen LogP contribution in [0.15, 0.2) is 164 Å². The summed E-state index contributed by atoms with van der Waals surface area (Å²) in [4.78, 5) is 35.9. The number of hydrogen-bond acceptors (Lipinski definition) is 3. The molecule has 0 aliphatic heterocycles. The molecule has 5 aromatic rings. The molecule has 0 fully saturated rings. The van der Waals surface area contributed by atoms with Gasteiger partial charge in [-0.3, -0.25) is 14.4 Å². The predicted molar refractivity (Wildman–Crippen MR) is 218 cm³/mol. The van der Waals surface area contributed by atoms with Gasteiger partial charge in [-0.25, -0.2) is 0 Å². The summed E-state index contributed by atoms with van der Waals surface area (Å²) in [6.45, 7) is 16.0. The van der Waals surface area contributed by atoms with Gasteiger partial charge in [0.15, 0.2) is 17.3 Å². The van der Waals surface area contributed by atoms with E-state index < -0.39 is 0 Å². The number of ketones is 3. The Morgan fingerprint density at radius 1 is 0.300 bits per heavy atom. The number of carbonyl (C=O) groups is 3. The molecule has 260 valence electrons. The summed E-state index contributed by atoms with van der Waals surface area (Å²) in [7, 11) is 0. The van der Waals surface area contributed by atoms with Crippen LogP contribution in [0, 0.1) is 0 Å². The van der Waals surface area contributed by atoms with Gasteiger partial charge in [0, 0.05) is 16.7 Å². The Morgan fingerprint density at radius 2 is 0.500 bits per heavy atom. The third kappa shape index (κ3) is 18.0. The van der Waals surface area contributed by atoms with Crippen LogP contribution in [0.5, 0.6) is 0 Å². The molecule has 0 atom stereocenters. The first-order valence-electron chi connectivity index (χ1n) is 17.6. The number of carbonyl (C=O) groups excluding carboxylic acids is 3. The zero-order chi connectivity index (χ0) is 37.4. The fourth-order valence-corrected chi connectivity index (χ4v) is 3.89. The van der Waals surface area contributed by atoms with Crippen molar-refractivity contribution in [3.8, 4) is 0 Å². The standard InChI is InChI=1S/C24H18O2.C15H12O.4C2H6/c25-23(21-7-3-1-4-8-21)17-15-19-11-13-20(14-12-19)16-18-24(26)22-9-5-2-6-10-22;16-15(14-9-5-2-6-10-14)12-11-13-7-3-1-4-8-13;4*1-2/h1-18H;1-12H;4*1-2H3. The first-order chi connectivity index (χ1) is 24.6. The molecule has 5 aromatic carbocycles. The third-order valence-corrected chi connectivity index (χ3v) is 6.19. The minimum Gasteiger partial charge on any atom is -0.289 e. The molecule has 0 unspecified atom stereocenters. The van der Waals surface area contributed by atoms with Crippen molar-refractivity contribution in [3.05, 3.63) is 197 Å². The lowest BCUT2D eigenvalue weighted by Gasteiger charge is -1.98. The van der Waals surface area contributed by atoms with Gasteiger partial charge in [0.2, 0.25) is 0 Å². The van der Waals surface area contributed by atoms with Crippen molar-refractivity contribution >= 4 is 35.6 Å². The molecule has 0 spiro atoms. The number of rotatable bonds is 9. The van der Waals surface area contributed by atoms with Crippen LogP contribution in [0.1, 0.15) is 103 Å². The van der Waals surface area contributed by atoms with E-state index in [1.807, 2.05) is 183 Å². The molecule has 0 saturated carbocycles. The second-order valence-corrected chi connectivity index (χ2v) is 9.27. The quantitative estimate of drug-likeness (QED) is 0.116. The van der Waals surface area contributed by atoms with Gasteiger partial charge in [-0.1, -0.05) is 219 Å². The maximum Gasteiger partial charge on any atom is 0.185 e. The fraction of sp³-hybridized carbons (Fsp3) is 0.170. The molecule has 0 N–H and O–H groups in total. The van der Waals surface area contributed by atoms with Crippen molar-refractivity contribution in [2.24, 2.45) is 0 Å². The molecule has 3 nitrogen and oxygen atoms in total.